The van der Waals surface area contributed by atoms with E-state index < -0.39 is 11.7 Å². The highest BCUT2D eigenvalue weighted by Gasteiger charge is 2.30. The first-order chi connectivity index (χ1) is 12.4. The summed E-state index contributed by atoms with van der Waals surface area (Å²) in [7, 11) is 0. The summed E-state index contributed by atoms with van der Waals surface area (Å²) in [6.45, 7) is 0.161. The smallest absolute Gasteiger partial charge is 0.416 e. The van der Waals surface area contributed by atoms with Gasteiger partial charge in [-0.1, -0.05) is 41.0 Å². The molecule has 0 unspecified atom stereocenters. The Morgan fingerprint density at radius 1 is 1.08 bits per heavy atom. The number of alkyl halides is 3. The Kier molecular flexibility index (Phi) is 5.68. The highest BCUT2D eigenvalue weighted by molar-refractivity contribution is 7.21. The zero-order valence-corrected chi connectivity index (χ0v) is 14.9. The van der Waals surface area contributed by atoms with Crippen LogP contribution in [0.5, 0.6) is 5.75 Å². The summed E-state index contributed by atoms with van der Waals surface area (Å²) in [6, 6.07) is 12.4. The second-order valence-electron chi connectivity index (χ2n) is 5.22. The minimum Gasteiger partial charge on any atom is -0.490 e. The molecule has 0 aliphatic carbocycles. The number of benzene rings is 2. The van der Waals surface area contributed by atoms with E-state index in [-0.39, 0.29) is 19.0 Å². The summed E-state index contributed by atoms with van der Waals surface area (Å²) in [5.41, 5.74) is -0.756. The second kappa shape index (κ2) is 7.97. The van der Waals surface area contributed by atoms with Crippen LogP contribution in [0.2, 0.25) is 5.02 Å². The van der Waals surface area contributed by atoms with Crippen molar-refractivity contribution in [1.82, 2.24) is 0 Å². The molecule has 3 aromatic rings. The molecule has 1 aromatic heterocycles. The predicted molar refractivity (Wildman–Crippen MR) is 97.3 cm³/mol. The lowest BCUT2D eigenvalue weighted by molar-refractivity contribution is -0.137. The lowest BCUT2D eigenvalue weighted by Gasteiger charge is -2.09. The van der Waals surface area contributed by atoms with Gasteiger partial charge >= 0.3 is 6.18 Å². The molecule has 0 radical (unpaired) electrons. The summed E-state index contributed by atoms with van der Waals surface area (Å²) >= 11 is 7.77. The van der Waals surface area contributed by atoms with Crippen LogP contribution in [0.4, 0.5) is 13.2 Å². The molecular weight excluding hydrogens is 387 g/mol. The average Bonchev–Trinajstić information content (AvgIpc) is 2.94. The van der Waals surface area contributed by atoms with E-state index in [2.05, 4.69) is 5.16 Å². The van der Waals surface area contributed by atoms with E-state index in [1.165, 1.54) is 29.7 Å². The van der Waals surface area contributed by atoms with Crippen LogP contribution in [0.15, 0.2) is 53.7 Å². The minimum absolute atomic E-state index is 0.0683. The molecule has 3 rings (SSSR count). The van der Waals surface area contributed by atoms with E-state index >= 15 is 0 Å². The van der Waals surface area contributed by atoms with Crippen LogP contribution in [-0.4, -0.2) is 19.4 Å². The molecule has 0 spiro atoms. The molecule has 0 bridgehead atoms. The molecule has 0 saturated carbocycles. The summed E-state index contributed by atoms with van der Waals surface area (Å²) < 4.78 is 44.1. The van der Waals surface area contributed by atoms with E-state index in [1.54, 1.807) is 0 Å². The topological polar surface area (TPSA) is 30.8 Å². The van der Waals surface area contributed by atoms with Crippen molar-refractivity contribution in [2.24, 2.45) is 5.16 Å². The number of nitrogens with zero attached hydrogens (tertiary/aromatic N) is 1. The number of thiophene rings is 1. The third kappa shape index (κ3) is 4.47. The molecule has 0 atom stereocenters. The Bertz CT molecular complexity index is 924. The van der Waals surface area contributed by atoms with E-state index in [4.69, 9.17) is 21.2 Å². The maximum absolute atomic E-state index is 12.6. The molecule has 8 heteroatoms. The summed E-state index contributed by atoms with van der Waals surface area (Å²) in [4.78, 5) is 5.85. The van der Waals surface area contributed by atoms with E-state index in [1.807, 2.05) is 24.3 Å². The van der Waals surface area contributed by atoms with Crippen LogP contribution < -0.4 is 4.74 Å². The number of hydrogen-bond acceptors (Lipinski definition) is 4. The van der Waals surface area contributed by atoms with Gasteiger partial charge in [-0.05, 0) is 24.3 Å². The van der Waals surface area contributed by atoms with Crippen LogP contribution in [0.3, 0.4) is 0 Å². The summed E-state index contributed by atoms with van der Waals surface area (Å²) in [6.07, 6.45) is -2.89. The summed E-state index contributed by atoms with van der Waals surface area (Å²) in [5.74, 6) is 0.125. The van der Waals surface area contributed by atoms with E-state index in [0.717, 1.165) is 27.1 Å². The van der Waals surface area contributed by atoms with Crippen molar-refractivity contribution in [1.29, 1.82) is 0 Å². The van der Waals surface area contributed by atoms with Crippen molar-refractivity contribution in [3.8, 4) is 5.75 Å². The fourth-order valence-electron chi connectivity index (χ4n) is 2.21. The molecule has 26 heavy (non-hydrogen) atoms. The zero-order valence-electron chi connectivity index (χ0n) is 13.3. The van der Waals surface area contributed by atoms with Gasteiger partial charge in [0.05, 0.1) is 21.7 Å². The van der Waals surface area contributed by atoms with Crippen LogP contribution in [0.25, 0.3) is 10.1 Å². The van der Waals surface area contributed by atoms with Crippen molar-refractivity contribution >= 4 is 39.2 Å². The van der Waals surface area contributed by atoms with E-state index in [0.29, 0.717) is 5.02 Å². The predicted octanol–water partition coefficient (Wildman–Crippen LogP) is 6.00. The molecule has 0 amide bonds. The first-order valence-electron chi connectivity index (χ1n) is 7.57. The molecule has 0 saturated heterocycles. The molecule has 0 fully saturated rings. The Labute approximate surface area is 156 Å². The number of halogens is 4. The Balaban J connectivity index is 1.50. The standard InChI is InChI=1S/C18H13ClF3NO2S/c19-17-14-6-1-2-7-15(14)26-16(17)11-23-25-9-8-24-13-5-3-4-12(10-13)18(20,21)22/h1-7,10-11H,8-9H2. The number of oxime groups is 1. The van der Waals surface area contributed by atoms with Crippen molar-refractivity contribution in [3.05, 3.63) is 64.0 Å². The first-order valence-corrected chi connectivity index (χ1v) is 8.77. The maximum Gasteiger partial charge on any atom is 0.416 e. The van der Waals surface area contributed by atoms with Gasteiger partial charge in [-0.15, -0.1) is 11.3 Å². The van der Waals surface area contributed by atoms with Crippen LogP contribution >= 0.6 is 22.9 Å². The minimum atomic E-state index is -4.40. The SMILES string of the molecule is FC(F)(F)c1cccc(OCCON=Cc2sc3ccccc3c2Cl)c1. The quantitative estimate of drug-likeness (QED) is 0.289. The molecule has 0 aliphatic heterocycles. The number of hydrogen-bond donors (Lipinski definition) is 0. The van der Waals surface area contributed by atoms with Gasteiger partial charge in [-0.25, -0.2) is 0 Å². The molecule has 0 N–H and O–H groups in total. The van der Waals surface area contributed by atoms with Gasteiger partial charge in [0.15, 0.2) is 6.61 Å². The molecule has 3 nitrogen and oxygen atoms in total. The fourth-order valence-corrected chi connectivity index (χ4v) is 3.56. The lowest BCUT2D eigenvalue weighted by atomic mass is 10.2. The van der Waals surface area contributed by atoms with Crippen molar-refractivity contribution in [2.45, 2.75) is 6.18 Å². The van der Waals surface area contributed by atoms with Crippen molar-refractivity contribution in [3.63, 3.8) is 0 Å². The molecular formula is C18H13ClF3NO2S. The fraction of sp³-hybridized carbons (Fsp3) is 0.167. The van der Waals surface area contributed by atoms with Crippen LogP contribution in [-0.2, 0) is 11.0 Å². The summed E-state index contributed by atoms with van der Waals surface area (Å²) in [5, 5.41) is 5.39. The van der Waals surface area contributed by atoms with Gasteiger partial charge in [0.1, 0.15) is 12.4 Å². The third-order valence-corrected chi connectivity index (χ3v) is 5.03. The Morgan fingerprint density at radius 2 is 1.88 bits per heavy atom. The highest BCUT2D eigenvalue weighted by atomic mass is 35.5. The highest BCUT2D eigenvalue weighted by Crippen LogP contribution is 2.34. The normalized spacial score (nSPS) is 12.0. The largest absolute Gasteiger partial charge is 0.490 e. The monoisotopic (exact) mass is 399 g/mol. The van der Waals surface area contributed by atoms with Crippen LogP contribution in [0, 0.1) is 0 Å². The lowest BCUT2D eigenvalue weighted by Crippen LogP contribution is -2.07. The number of fused-ring (bicyclic) bond motifs is 1. The van der Waals surface area contributed by atoms with Gasteiger partial charge in [-0.2, -0.15) is 13.2 Å². The molecule has 2 aromatic carbocycles. The van der Waals surface area contributed by atoms with Crippen molar-refractivity contribution < 1.29 is 22.7 Å². The third-order valence-electron chi connectivity index (χ3n) is 3.41. The van der Waals surface area contributed by atoms with Crippen LogP contribution in [0.1, 0.15) is 10.4 Å². The number of ether oxygens (including phenoxy) is 1. The average molecular weight is 400 g/mol. The van der Waals surface area contributed by atoms with Gasteiger partial charge in [0, 0.05) is 10.1 Å². The van der Waals surface area contributed by atoms with Gasteiger partial charge < -0.3 is 9.57 Å². The molecule has 136 valence electrons. The Hall–Kier alpha value is -2.25. The maximum atomic E-state index is 12.6. The Morgan fingerprint density at radius 3 is 2.65 bits per heavy atom. The second-order valence-corrected chi connectivity index (χ2v) is 6.68. The zero-order chi connectivity index (χ0) is 18.6. The number of rotatable bonds is 6. The van der Waals surface area contributed by atoms with Gasteiger partial charge in [0.25, 0.3) is 0 Å². The molecule has 1 heterocycles. The first kappa shape index (κ1) is 18.5. The molecule has 0 aliphatic rings. The van der Waals surface area contributed by atoms with Gasteiger partial charge in [0.2, 0.25) is 0 Å². The van der Waals surface area contributed by atoms with Gasteiger partial charge in [-0.3, -0.25) is 0 Å². The van der Waals surface area contributed by atoms with Crippen molar-refractivity contribution in [2.75, 3.05) is 13.2 Å². The van der Waals surface area contributed by atoms with E-state index in [9.17, 15) is 13.2 Å².